The predicted molar refractivity (Wildman–Crippen MR) is 80.4 cm³/mol. The van der Waals surface area contributed by atoms with Crippen LogP contribution >= 0.6 is 0 Å². The van der Waals surface area contributed by atoms with E-state index in [1.54, 1.807) is 13.2 Å². The number of rotatable bonds is 3. The Kier molecular flexibility index (Phi) is 3.03. The molecular weight excluding hydrogens is 250 g/mol. The highest BCUT2D eigenvalue weighted by atomic mass is 16.5. The number of carbonyl (C=O) groups excluding carboxylic acids is 1. The zero-order valence-electron chi connectivity index (χ0n) is 11.4. The minimum atomic E-state index is 0.618. The second kappa shape index (κ2) is 4.85. The van der Waals surface area contributed by atoms with Gasteiger partial charge >= 0.3 is 0 Å². The van der Waals surface area contributed by atoms with Gasteiger partial charge in [0, 0.05) is 16.5 Å². The van der Waals surface area contributed by atoms with E-state index in [4.69, 9.17) is 4.74 Å². The highest BCUT2D eigenvalue weighted by Gasteiger charge is 2.13. The lowest BCUT2D eigenvalue weighted by Crippen LogP contribution is -1.93. The summed E-state index contributed by atoms with van der Waals surface area (Å²) in [5, 5.41) is 1.13. The van der Waals surface area contributed by atoms with Crippen LogP contribution in [0.2, 0.25) is 0 Å². The highest BCUT2D eigenvalue weighted by Crippen LogP contribution is 2.34. The van der Waals surface area contributed by atoms with Gasteiger partial charge in [0.1, 0.15) is 5.75 Å². The SMILES string of the molecule is COc1cccc(C=O)c1-c1cc2cc(C)ccc2[nH]1. The number of ether oxygens (including phenoxy) is 1. The summed E-state index contributed by atoms with van der Waals surface area (Å²) in [6, 6.07) is 13.7. The number of nitrogens with one attached hydrogen (secondary N) is 1. The quantitative estimate of drug-likeness (QED) is 0.728. The second-order valence-corrected chi connectivity index (χ2v) is 4.82. The first-order valence-electron chi connectivity index (χ1n) is 6.45. The molecule has 0 aliphatic carbocycles. The monoisotopic (exact) mass is 265 g/mol. The fraction of sp³-hybridized carbons (Fsp3) is 0.118. The van der Waals surface area contributed by atoms with Crippen molar-refractivity contribution in [2.75, 3.05) is 7.11 Å². The second-order valence-electron chi connectivity index (χ2n) is 4.82. The van der Waals surface area contributed by atoms with Gasteiger partial charge in [-0.3, -0.25) is 4.79 Å². The number of hydrogen-bond donors (Lipinski definition) is 1. The van der Waals surface area contributed by atoms with E-state index < -0.39 is 0 Å². The third-order valence-corrected chi connectivity index (χ3v) is 3.45. The molecule has 0 saturated heterocycles. The molecule has 100 valence electrons. The third kappa shape index (κ3) is 1.97. The normalized spacial score (nSPS) is 10.7. The van der Waals surface area contributed by atoms with E-state index in [0.717, 1.165) is 28.4 Å². The summed E-state index contributed by atoms with van der Waals surface area (Å²) >= 11 is 0. The van der Waals surface area contributed by atoms with Crippen LogP contribution in [0.3, 0.4) is 0 Å². The van der Waals surface area contributed by atoms with Gasteiger partial charge in [0.05, 0.1) is 18.4 Å². The van der Waals surface area contributed by atoms with Crippen molar-refractivity contribution in [2.24, 2.45) is 0 Å². The molecule has 0 aliphatic heterocycles. The summed E-state index contributed by atoms with van der Waals surface area (Å²) in [6.07, 6.45) is 0.856. The lowest BCUT2D eigenvalue weighted by atomic mass is 10.0. The van der Waals surface area contributed by atoms with Crippen molar-refractivity contribution in [3.63, 3.8) is 0 Å². The van der Waals surface area contributed by atoms with E-state index in [2.05, 4.69) is 24.0 Å². The zero-order valence-corrected chi connectivity index (χ0v) is 11.4. The molecular formula is C17H15NO2. The molecule has 3 aromatic rings. The molecule has 1 heterocycles. The van der Waals surface area contributed by atoms with Crippen molar-refractivity contribution in [3.05, 3.63) is 53.6 Å². The van der Waals surface area contributed by atoms with Gasteiger partial charge in [-0.1, -0.05) is 23.8 Å². The highest BCUT2D eigenvalue weighted by molar-refractivity contribution is 5.94. The van der Waals surface area contributed by atoms with Gasteiger partial charge in [-0.15, -0.1) is 0 Å². The van der Waals surface area contributed by atoms with E-state index in [1.165, 1.54) is 5.56 Å². The van der Waals surface area contributed by atoms with Crippen LogP contribution in [0.4, 0.5) is 0 Å². The molecule has 2 aromatic carbocycles. The Morgan fingerprint density at radius 1 is 1.15 bits per heavy atom. The summed E-state index contributed by atoms with van der Waals surface area (Å²) in [6.45, 7) is 2.06. The number of aromatic amines is 1. The van der Waals surface area contributed by atoms with Gasteiger partial charge in [0.15, 0.2) is 6.29 Å². The summed E-state index contributed by atoms with van der Waals surface area (Å²) in [4.78, 5) is 14.6. The first-order chi connectivity index (χ1) is 9.72. The Labute approximate surface area is 117 Å². The van der Waals surface area contributed by atoms with Crippen molar-refractivity contribution in [1.82, 2.24) is 4.98 Å². The molecule has 1 N–H and O–H groups in total. The first-order valence-corrected chi connectivity index (χ1v) is 6.45. The minimum absolute atomic E-state index is 0.618. The molecule has 3 heteroatoms. The molecule has 3 nitrogen and oxygen atoms in total. The smallest absolute Gasteiger partial charge is 0.150 e. The zero-order chi connectivity index (χ0) is 14.1. The van der Waals surface area contributed by atoms with Crippen molar-refractivity contribution < 1.29 is 9.53 Å². The van der Waals surface area contributed by atoms with Gasteiger partial charge in [-0.25, -0.2) is 0 Å². The molecule has 1 aromatic heterocycles. The van der Waals surface area contributed by atoms with Gasteiger partial charge in [-0.2, -0.15) is 0 Å². The number of H-pyrrole nitrogens is 1. The lowest BCUT2D eigenvalue weighted by molar-refractivity contribution is 0.112. The Balaban J connectivity index is 2.27. The molecule has 0 amide bonds. The average Bonchev–Trinajstić information content (AvgIpc) is 2.88. The standard InChI is InChI=1S/C17H15NO2/c1-11-6-7-14-13(8-11)9-15(18-14)17-12(10-19)4-3-5-16(17)20-2/h3-10,18H,1-2H3. The Morgan fingerprint density at radius 2 is 2.00 bits per heavy atom. The van der Waals surface area contributed by atoms with Crippen molar-refractivity contribution >= 4 is 17.2 Å². The predicted octanol–water partition coefficient (Wildman–Crippen LogP) is 3.96. The largest absolute Gasteiger partial charge is 0.496 e. The van der Waals surface area contributed by atoms with E-state index in [9.17, 15) is 4.79 Å². The van der Waals surface area contributed by atoms with Crippen LogP contribution in [0.1, 0.15) is 15.9 Å². The number of aromatic nitrogens is 1. The summed E-state index contributed by atoms with van der Waals surface area (Å²) in [5.41, 5.74) is 4.57. The number of aldehydes is 1. The Morgan fingerprint density at radius 3 is 2.75 bits per heavy atom. The van der Waals surface area contributed by atoms with Gasteiger partial charge in [0.25, 0.3) is 0 Å². The summed E-state index contributed by atoms with van der Waals surface area (Å²) in [7, 11) is 1.61. The van der Waals surface area contributed by atoms with E-state index in [-0.39, 0.29) is 0 Å². The lowest BCUT2D eigenvalue weighted by Gasteiger charge is -2.08. The van der Waals surface area contributed by atoms with E-state index >= 15 is 0 Å². The van der Waals surface area contributed by atoms with Crippen molar-refractivity contribution in [2.45, 2.75) is 6.92 Å². The molecule has 0 aliphatic rings. The molecule has 0 unspecified atom stereocenters. The van der Waals surface area contributed by atoms with Crippen LogP contribution in [-0.4, -0.2) is 18.4 Å². The number of carbonyl (C=O) groups is 1. The maximum Gasteiger partial charge on any atom is 0.150 e. The average molecular weight is 265 g/mol. The first kappa shape index (κ1) is 12.5. The van der Waals surface area contributed by atoms with Gasteiger partial charge in [0.2, 0.25) is 0 Å². The molecule has 0 atom stereocenters. The number of fused-ring (bicyclic) bond motifs is 1. The maximum atomic E-state index is 11.3. The molecule has 0 spiro atoms. The molecule has 0 fully saturated rings. The van der Waals surface area contributed by atoms with Crippen LogP contribution in [0, 0.1) is 6.92 Å². The van der Waals surface area contributed by atoms with E-state index in [1.807, 2.05) is 24.3 Å². The molecule has 0 radical (unpaired) electrons. The van der Waals surface area contributed by atoms with Crippen molar-refractivity contribution in [3.8, 4) is 17.0 Å². The fourth-order valence-electron chi connectivity index (χ4n) is 2.49. The summed E-state index contributed by atoms with van der Waals surface area (Å²) < 4.78 is 5.38. The van der Waals surface area contributed by atoms with E-state index in [0.29, 0.717) is 11.3 Å². The number of hydrogen-bond acceptors (Lipinski definition) is 2. The molecule has 0 bridgehead atoms. The molecule has 0 saturated carbocycles. The maximum absolute atomic E-state index is 11.3. The third-order valence-electron chi connectivity index (χ3n) is 3.45. The van der Waals surface area contributed by atoms with Crippen LogP contribution in [-0.2, 0) is 0 Å². The van der Waals surface area contributed by atoms with Crippen LogP contribution < -0.4 is 4.74 Å². The van der Waals surface area contributed by atoms with Gasteiger partial charge in [-0.05, 0) is 31.2 Å². The summed E-state index contributed by atoms with van der Waals surface area (Å²) in [5.74, 6) is 0.692. The topological polar surface area (TPSA) is 42.1 Å². The van der Waals surface area contributed by atoms with Crippen LogP contribution in [0.5, 0.6) is 5.75 Å². The van der Waals surface area contributed by atoms with Gasteiger partial charge < -0.3 is 9.72 Å². The Bertz CT molecular complexity index is 787. The van der Waals surface area contributed by atoms with Crippen molar-refractivity contribution in [1.29, 1.82) is 0 Å². The van der Waals surface area contributed by atoms with Crippen LogP contribution in [0.25, 0.3) is 22.2 Å². The fourth-order valence-corrected chi connectivity index (χ4v) is 2.49. The molecule has 20 heavy (non-hydrogen) atoms. The van der Waals surface area contributed by atoms with Crippen LogP contribution in [0.15, 0.2) is 42.5 Å². The number of aryl methyl sites for hydroxylation is 1. The minimum Gasteiger partial charge on any atom is -0.496 e. The number of methoxy groups -OCH3 is 1. The number of benzene rings is 2. The molecule has 3 rings (SSSR count). The Hall–Kier alpha value is -2.55.